The van der Waals surface area contributed by atoms with Crippen molar-refractivity contribution in [2.75, 3.05) is 6.61 Å². The van der Waals surface area contributed by atoms with E-state index < -0.39 is 11.6 Å². The Labute approximate surface area is 179 Å². The lowest BCUT2D eigenvalue weighted by Crippen LogP contribution is -2.42. The zero-order valence-electron chi connectivity index (χ0n) is 17.7. The van der Waals surface area contributed by atoms with Crippen molar-refractivity contribution in [1.29, 1.82) is 0 Å². The fraction of sp³-hybridized carbons (Fsp3) is 0.500. The Morgan fingerprint density at radius 2 is 1.63 bits per heavy atom. The van der Waals surface area contributed by atoms with E-state index in [1.807, 2.05) is 30.3 Å². The normalized spacial score (nSPS) is 17.9. The molecular weight excluding hydrogens is 376 g/mol. The van der Waals surface area contributed by atoms with E-state index in [-0.39, 0.29) is 25.4 Å². The Balaban J connectivity index is 1.61. The summed E-state index contributed by atoms with van der Waals surface area (Å²) < 4.78 is 0. The number of hydrogen-bond acceptors (Lipinski definition) is 3. The lowest BCUT2D eigenvalue weighted by Gasteiger charge is -2.28. The number of carboxylic acid groups (broad SMARTS) is 1. The fourth-order valence-corrected chi connectivity index (χ4v) is 4.67. The van der Waals surface area contributed by atoms with Crippen molar-refractivity contribution >= 4 is 5.97 Å². The standard InChI is InChI=1S/C26H34O4/c27-19-22(17-21-11-13-24(14-12-21)23-9-5-2-6-10-23)18-26(30,25(28)29)16-15-20-7-3-1-4-8-20/h1,3-4,7-8,11-14,22-23,27,30H,2,5-6,9-10,15-19H2,(H,28,29). The second-order valence-electron chi connectivity index (χ2n) is 8.86. The monoisotopic (exact) mass is 410 g/mol. The van der Waals surface area contributed by atoms with Gasteiger partial charge in [-0.2, -0.15) is 0 Å². The highest BCUT2D eigenvalue weighted by Gasteiger charge is 2.37. The van der Waals surface area contributed by atoms with Crippen molar-refractivity contribution in [1.82, 2.24) is 0 Å². The van der Waals surface area contributed by atoms with Crippen molar-refractivity contribution in [3.63, 3.8) is 0 Å². The Kier molecular flexibility index (Phi) is 8.06. The van der Waals surface area contributed by atoms with E-state index in [0.717, 1.165) is 11.1 Å². The molecule has 0 saturated heterocycles. The van der Waals surface area contributed by atoms with E-state index in [4.69, 9.17) is 0 Å². The van der Waals surface area contributed by atoms with E-state index in [0.29, 0.717) is 18.8 Å². The number of carboxylic acids is 1. The van der Waals surface area contributed by atoms with Crippen molar-refractivity contribution in [2.24, 2.45) is 5.92 Å². The molecule has 3 N–H and O–H groups in total. The van der Waals surface area contributed by atoms with E-state index in [1.54, 1.807) is 0 Å². The second kappa shape index (κ2) is 10.7. The zero-order chi connectivity index (χ0) is 21.4. The molecule has 0 heterocycles. The minimum atomic E-state index is -1.84. The molecule has 0 amide bonds. The third kappa shape index (κ3) is 6.16. The van der Waals surface area contributed by atoms with Crippen molar-refractivity contribution < 1.29 is 20.1 Å². The summed E-state index contributed by atoms with van der Waals surface area (Å²) in [7, 11) is 0. The number of rotatable bonds is 10. The largest absolute Gasteiger partial charge is 0.479 e. The number of hydrogen-bond donors (Lipinski definition) is 3. The summed E-state index contributed by atoms with van der Waals surface area (Å²) in [6, 6.07) is 18.1. The Hall–Kier alpha value is -2.17. The number of aliphatic hydroxyl groups is 2. The predicted octanol–water partition coefficient (Wildman–Crippen LogP) is 4.72. The predicted molar refractivity (Wildman–Crippen MR) is 119 cm³/mol. The molecule has 3 rings (SSSR count). The molecule has 30 heavy (non-hydrogen) atoms. The first-order valence-electron chi connectivity index (χ1n) is 11.2. The van der Waals surface area contributed by atoms with Crippen molar-refractivity contribution in [3.05, 3.63) is 71.3 Å². The summed E-state index contributed by atoms with van der Waals surface area (Å²) >= 11 is 0. The molecular formula is C26H34O4. The third-order valence-electron chi connectivity index (χ3n) is 6.53. The van der Waals surface area contributed by atoms with Gasteiger partial charge in [0.1, 0.15) is 0 Å². The Morgan fingerprint density at radius 3 is 2.23 bits per heavy atom. The molecule has 2 aromatic rings. The minimum Gasteiger partial charge on any atom is -0.479 e. The van der Waals surface area contributed by atoms with Crippen LogP contribution in [0.2, 0.25) is 0 Å². The maximum absolute atomic E-state index is 11.8. The molecule has 4 heteroatoms. The highest BCUT2D eigenvalue weighted by atomic mass is 16.4. The van der Waals surface area contributed by atoms with Gasteiger partial charge in [-0.05, 0) is 67.1 Å². The number of aryl methyl sites for hydroxylation is 1. The molecule has 1 saturated carbocycles. The number of carbonyl (C=O) groups is 1. The van der Waals surface area contributed by atoms with Gasteiger partial charge in [0.15, 0.2) is 5.60 Å². The van der Waals surface area contributed by atoms with Crippen LogP contribution in [-0.2, 0) is 17.6 Å². The molecule has 2 unspecified atom stereocenters. The minimum absolute atomic E-state index is 0.0377. The summed E-state index contributed by atoms with van der Waals surface area (Å²) in [4.78, 5) is 11.8. The average molecular weight is 411 g/mol. The smallest absolute Gasteiger partial charge is 0.335 e. The van der Waals surface area contributed by atoms with Gasteiger partial charge in [0.05, 0.1) is 0 Å². The first-order chi connectivity index (χ1) is 14.5. The van der Waals surface area contributed by atoms with Crippen LogP contribution in [0.4, 0.5) is 0 Å². The van der Waals surface area contributed by atoms with E-state index in [1.165, 1.54) is 37.7 Å². The number of aliphatic hydroxyl groups excluding tert-OH is 1. The van der Waals surface area contributed by atoms with Gasteiger partial charge in [0.2, 0.25) is 0 Å². The SMILES string of the molecule is O=C(O)C(O)(CCc1ccccc1)CC(CO)Cc1ccc(C2CCCCC2)cc1. The average Bonchev–Trinajstić information content (AvgIpc) is 2.79. The van der Waals surface area contributed by atoms with Gasteiger partial charge in [0, 0.05) is 6.61 Å². The van der Waals surface area contributed by atoms with Gasteiger partial charge in [-0.1, -0.05) is 73.9 Å². The molecule has 0 aliphatic heterocycles. The van der Waals surface area contributed by atoms with Gasteiger partial charge in [-0.15, -0.1) is 0 Å². The van der Waals surface area contributed by atoms with E-state index in [9.17, 15) is 20.1 Å². The lowest BCUT2D eigenvalue weighted by atomic mass is 9.82. The highest BCUT2D eigenvalue weighted by molar-refractivity contribution is 5.77. The van der Waals surface area contributed by atoms with Crippen LogP contribution in [0.15, 0.2) is 54.6 Å². The summed E-state index contributed by atoms with van der Waals surface area (Å²) in [6.07, 6.45) is 7.66. The van der Waals surface area contributed by atoms with Gasteiger partial charge in [0.25, 0.3) is 0 Å². The summed E-state index contributed by atoms with van der Waals surface area (Å²) in [6.45, 7) is -0.148. The van der Waals surface area contributed by atoms with Crippen LogP contribution < -0.4 is 0 Å². The van der Waals surface area contributed by atoms with Crippen LogP contribution in [0, 0.1) is 5.92 Å². The first-order valence-corrected chi connectivity index (χ1v) is 11.2. The van der Waals surface area contributed by atoms with Crippen molar-refractivity contribution in [2.45, 2.75) is 69.3 Å². The molecule has 0 spiro atoms. The molecule has 1 fully saturated rings. The van der Waals surface area contributed by atoms with Crippen LogP contribution >= 0.6 is 0 Å². The van der Waals surface area contributed by atoms with Gasteiger partial charge in [-0.25, -0.2) is 4.79 Å². The van der Waals surface area contributed by atoms with Crippen LogP contribution in [0.25, 0.3) is 0 Å². The molecule has 2 atom stereocenters. The summed E-state index contributed by atoms with van der Waals surface area (Å²) in [5.41, 5.74) is 1.61. The highest BCUT2D eigenvalue weighted by Crippen LogP contribution is 2.33. The Bertz CT molecular complexity index is 780. The first kappa shape index (κ1) is 22.5. The molecule has 1 aliphatic rings. The maximum atomic E-state index is 11.8. The summed E-state index contributed by atoms with van der Waals surface area (Å²) in [5, 5.41) is 30.4. The van der Waals surface area contributed by atoms with Gasteiger partial charge in [-0.3, -0.25) is 0 Å². The molecule has 2 aromatic carbocycles. The molecule has 0 bridgehead atoms. The lowest BCUT2D eigenvalue weighted by molar-refractivity contribution is -0.161. The number of aliphatic carboxylic acids is 1. The van der Waals surface area contributed by atoms with E-state index >= 15 is 0 Å². The van der Waals surface area contributed by atoms with Crippen LogP contribution in [0.1, 0.15) is 67.6 Å². The second-order valence-corrected chi connectivity index (χ2v) is 8.86. The molecule has 0 radical (unpaired) electrons. The molecule has 162 valence electrons. The topological polar surface area (TPSA) is 77.8 Å². The van der Waals surface area contributed by atoms with Crippen LogP contribution in [0.3, 0.4) is 0 Å². The van der Waals surface area contributed by atoms with Crippen LogP contribution in [0.5, 0.6) is 0 Å². The maximum Gasteiger partial charge on any atom is 0.335 e. The third-order valence-corrected chi connectivity index (χ3v) is 6.53. The molecule has 4 nitrogen and oxygen atoms in total. The summed E-state index contributed by atoms with van der Waals surface area (Å²) in [5.74, 6) is -0.872. The van der Waals surface area contributed by atoms with E-state index in [2.05, 4.69) is 24.3 Å². The zero-order valence-corrected chi connectivity index (χ0v) is 17.7. The molecule has 1 aliphatic carbocycles. The quantitative estimate of drug-likeness (QED) is 0.529. The Morgan fingerprint density at radius 1 is 0.967 bits per heavy atom. The molecule has 0 aromatic heterocycles. The van der Waals surface area contributed by atoms with Crippen molar-refractivity contribution in [3.8, 4) is 0 Å². The van der Waals surface area contributed by atoms with Gasteiger partial charge >= 0.3 is 5.97 Å². The number of benzene rings is 2. The fourth-order valence-electron chi connectivity index (χ4n) is 4.67. The van der Waals surface area contributed by atoms with Crippen LogP contribution in [-0.4, -0.2) is 33.5 Å². The van der Waals surface area contributed by atoms with Gasteiger partial charge < -0.3 is 15.3 Å².